The Balaban J connectivity index is 2.37. The molecule has 1 heterocycles. The maximum atomic E-state index is 12.6. The summed E-state index contributed by atoms with van der Waals surface area (Å²) >= 11 is 0. The Labute approximate surface area is 162 Å². The van der Waals surface area contributed by atoms with E-state index in [9.17, 15) is 23.3 Å². The van der Waals surface area contributed by atoms with Gasteiger partial charge in [-0.05, 0) is 18.2 Å². The summed E-state index contributed by atoms with van der Waals surface area (Å²) in [5.74, 6) is -0.958. The highest BCUT2D eigenvalue weighted by Crippen LogP contribution is 2.32. The number of rotatable bonds is 8. The maximum absolute atomic E-state index is 12.6. The highest BCUT2D eigenvalue weighted by molar-refractivity contribution is 7.89. The van der Waals surface area contributed by atoms with Gasteiger partial charge in [-0.1, -0.05) is 13.8 Å². The second-order valence-electron chi connectivity index (χ2n) is 5.74. The summed E-state index contributed by atoms with van der Waals surface area (Å²) in [4.78, 5) is 23.0. The van der Waals surface area contributed by atoms with Crippen LogP contribution >= 0.6 is 0 Å². The third kappa shape index (κ3) is 4.15. The lowest BCUT2D eigenvalue weighted by molar-refractivity contribution is -0.385. The average molecular weight is 411 g/mol. The lowest BCUT2D eigenvalue weighted by atomic mass is 10.3. The molecule has 0 unspecified atom stereocenters. The molecule has 1 aromatic carbocycles. The zero-order chi connectivity index (χ0) is 21.1. The number of ether oxygens (including phenoxy) is 2. The first-order valence-electron chi connectivity index (χ1n) is 8.36. The number of hydrogen-bond donors (Lipinski definition) is 0. The Morgan fingerprint density at radius 2 is 1.89 bits per heavy atom. The molecule has 0 N–H and O–H groups in total. The molecule has 11 heteroatoms. The van der Waals surface area contributed by atoms with Gasteiger partial charge in [0.05, 0.1) is 18.1 Å². The van der Waals surface area contributed by atoms with Crippen LogP contribution in [0.1, 0.15) is 24.3 Å². The molecule has 0 saturated carbocycles. The molecule has 0 aliphatic carbocycles. The van der Waals surface area contributed by atoms with Crippen molar-refractivity contribution in [3.05, 3.63) is 46.3 Å². The molecule has 0 atom stereocenters. The van der Waals surface area contributed by atoms with Crippen LogP contribution in [0.4, 0.5) is 5.69 Å². The van der Waals surface area contributed by atoms with Gasteiger partial charge < -0.3 is 14.0 Å². The van der Waals surface area contributed by atoms with Crippen LogP contribution < -0.4 is 9.47 Å². The van der Waals surface area contributed by atoms with Gasteiger partial charge in [-0.3, -0.25) is 10.1 Å². The molecule has 1 aromatic heterocycles. The van der Waals surface area contributed by atoms with Crippen LogP contribution in [0.25, 0.3) is 0 Å². The number of carbonyl (C=O) groups is 1. The zero-order valence-electron chi connectivity index (χ0n) is 15.9. The number of esters is 1. The summed E-state index contributed by atoms with van der Waals surface area (Å²) in [6.45, 7) is 3.99. The van der Waals surface area contributed by atoms with Crippen LogP contribution in [0, 0.1) is 10.1 Å². The summed E-state index contributed by atoms with van der Waals surface area (Å²) in [6, 6.07) is 4.97. The number of benzene rings is 1. The van der Waals surface area contributed by atoms with Gasteiger partial charge in [-0.2, -0.15) is 4.31 Å². The number of aromatic nitrogens is 1. The average Bonchev–Trinajstić information content (AvgIpc) is 3.05. The van der Waals surface area contributed by atoms with Crippen LogP contribution in [0.2, 0.25) is 0 Å². The molecule has 0 bridgehead atoms. The van der Waals surface area contributed by atoms with Crippen molar-refractivity contribution in [3.8, 4) is 11.5 Å². The zero-order valence-corrected chi connectivity index (χ0v) is 16.7. The molecule has 152 valence electrons. The smallest absolute Gasteiger partial charge is 0.360 e. The van der Waals surface area contributed by atoms with Gasteiger partial charge in [0.1, 0.15) is 16.3 Å². The van der Waals surface area contributed by atoms with E-state index in [1.165, 1.54) is 47.4 Å². The highest BCUT2D eigenvalue weighted by Gasteiger charge is 2.27. The monoisotopic (exact) mass is 411 g/mol. The number of aryl methyl sites for hydroxylation is 1. The molecule has 2 rings (SSSR count). The van der Waals surface area contributed by atoms with Crippen molar-refractivity contribution in [2.24, 2.45) is 7.05 Å². The molecule has 0 aliphatic rings. The van der Waals surface area contributed by atoms with Crippen LogP contribution in [0.5, 0.6) is 11.5 Å². The minimum absolute atomic E-state index is 0.0594. The summed E-state index contributed by atoms with van der Waals surface area (Å²) in [5, 5.41) is 11.2. The van der Waals surface area contributed by atoms with E-state index in [1.807, 2.05) is 0 Å². The number of nitrogens with zero attached hydrogens (tertiary/aromatic N) is 3. The lowest BCUT2D eigenvalue weighted by Gasteiger charge is -2.17. The van der Waals surface area contributed by atoms with Crippen molar-refractivity contribution in [2.45, 2.75) is 18.7 Å². The lowest BCUT2D eigenvalue weighted by Crippen LogP contribution is -2.30. The van der Waals surface area contributed by atoms with Crippen LogP contribution in [0.3, 0.4) is 0 Å². The van der Waals surface area contributed by atoms with Crippen molar-refractivity contribution in [1.82, 2.24) is 8.87 Å². The molecular formula is C17H21N3O7S. The number of carbonyl (C=O) groups excluding carboxylic acids is 1. The predicted molar refractivity (Wildman–Crippen MR) is 100 cm³/mol. The Morgan fingerprint density at radius 1 is 1.25 bits per heavy atom. The molecule has 0 spiro atoms. The van der Waals surface area contributed by atoms with E-state index in [1.54, 1.807) is 13.8 Å². The third-order valence-electron chi connectivity index (χ3n) is 4.10. The Bertz CT molecular complexity index is 994. The molecule has 0 fully saturated rings. The number of nitro groups is 1. The maximum Gasteiger partial charge on any atom is 0.360 e. The van der Waals surface area contributed by atoms with E-state index in [0.717, 1.165) is 6.07 Å². The quantitative estimate of drug-likeness (QED) is 0.282. The normalized spacial score (nSPS) is 11.5. The summed E-state index contributed by atoms with van der Waals surface area (Å²) in [7, 11) is -0.920. The largest absolute Gasteiger partial charge is 0.496 e. The molecule has 0 aliphatic heterocycles. The van der Waals surface area contributed by atoms with Gasteiger partial charge >= 0.3 is 11.7 Å². The van der Waals surface area contributed by atoms with Crippen molar-refractivity contribution in [2.75, 3.05) is 20.2 Å². The Kier molecular flexibility index (Phi) is 6.41. The molecule has 0 radical (unpaired) electrons. The fraction of sp³-hybridized carbons (Fsp3) is 0.353. The van der Waals surface area contributed by atoms with Crippen molar-refractivity contribution >= 4 is 21.7 Å². The van der Waals surface area contributed by atoms with E-state index < -0.39 is 26.6 Å². The standard InChI is InChI=1S/C17H21N3O7S/c1-5-19(6-2)28(24,25)13-10-15(18(3)11-13)17(21)27-16-8-7-12(26-4)9-14(16)20(22)23/h7-11H,5-6H2,1-4H3. The van der Waals surface area contributed by atoms with Crippen LogP contribution in [-0.4, -0.2) is 48.4 Å². The summed E-state index contributed by atoms with van der Waals surface area (Å²) in [5.41, 5.74) is -0.506. The summed E-state index contributed by atoms with van der Waals surface area (Å²) in [6.07, 6.45) is 1.30. The molecular weight excluding hydrogens is 390 g/mol. The molecule has 0 saturated heterocycles. The van der Waals surface area contributed by atoms with E-state index in [2.05, 4.69) is 0 Å². The first-order chi connectivity index (χ1) is 13.1. The van der Waals surface area contributed by atoms with Gasteiger partial charge in [0.15, 0.2) is 0 Å². The fourth-order valence-corrected chi connectivity index (χ4v) is 4.13. The van der Waals surface area contributed by atoms with Gasteiger partial charge in [-0.15, -0.1) is 0 Å². The second kappa shape index (κ2) is 8.40. The number of nitro benzene ring substituents is 1. The number of hydrogen-bond acceptors (Lipinski definition) is 7. The number of sulfonamides is 1. The van der Waals surface area contributed by atoms with Gasteiger partial charge in [0.2, 0.25) is 15.8 Å². The predicted octanol–water partition coefficient (Wildman–Crippen LogP) is 2.19. The minimum Gasteiger partial charge on any atom is -0.496 e. The molecule has 10 nitrogen and oxygen atoms in total. The fourth-order valence-electron chi connectivity index (χ4n) is 2.60. The third-order valence-corrected chi connectivity index (χ3v) is 6.11. The van der Waals surface area contributed by atoms with Crippen LogP contribution in [0.15, 0.2) is 35.4 Å². The van der Waals surface area contributed by atoms with E-state index in [4.69, 9.17) is 9.47 Å². The second-order valence-corrected chi connectivity index (χ2v) is 7.68. The van der Waals surface area contributed by atoms with E-state index in [-0.39, 0.29) is 35.2 Å². The van der Waals surface area contributed by atoms with Gasteiger partial charge in [0, 0.05) is 26.3 Å². The Morgan fingerprint density at radius 3 is 2.43 bits per heavy atom. The van der Waals surface area contributed by atoms with Crippen molar-refractivity contribution in [3.63, 3.8) is 0 Å². The topological polar surface area (TPSA) is 121 Å². The summed E-state index contributed by atoms with van der Waals surface area (Å²) < 4.78 is 37.9. The molecule has 2 aromatic rings. The van der Waals surface area contributed by atoms with Crippen molar-refractivity contribution < 1.29 is 27.6 Å². The van der Waals surface area contributed by atoms with Gasteiger partial charge in [0.25, 0.3) is 0 Å². The Hall–Kier alpha value is -2.92. The highest BCUT2D eigenvalue weighted by atomic mass is 32.2. The van der Waals surface area contributed by atoms with Gasteiger partial charge in [-0.25, -0.2) is 13.2 Å². The minimum atomic E-state index is -3.76. The first kappa shape index (κ1) is 21.4. The molecule has 0 amide bonds. The molecule has 28 heavy (non-hydrogen) atoms. The van der Waals surface area contributed by atoms with E-state index >= 15 is 0 Å². The SMILES string of the molecule is CCN(CC)S(=O)(=O)c1cc(C(=O)Oc2ccc(OC)cc2[N+](=O)[O-])n(C)c1. The van der Waals surface area contributed by atoms with E-state index in [0.29, 0.717) is 0 Å². The van der Waals surface area contributed by atoms with Crippen molar-refractivity contribution in [1.29, 1.82) is 0 Å². The number of methoxy groups -OCH3 is 1. The first-order valence-corrected chi connectivity index (χ1v) is 9.80. The van der Waals surface area contributed by atoms with Crippen LogP contribution in [-0.2, 0) is 17.1 Å².